The van der Waals surface area contributed by atoms with Crippen molar-refractivity contribution in [3.05, 3.63) is 0 Å². The number of ether oxygens (including phenoxy) is 1. The first-order valence-electron chi connectivity index (χ1n) is 6.31. The van der Waals surface area contributed by atoms with E-state index in [4.69, 9.17) is 4.74 Å². The highest BCUT2D eigenvalue weighted by atomic mass is 16.5. The van der Waals surface area contributed by atoms with Crippen molar-refractivity contribution in [2.75, 3.05) is 19.7 Å². The quantitative estimate of drug-likeness (QED) is 0.670. The predicted molar refractivity (Wildman–Crippen MR) is 64.5 cm³/mol. The summed E-state index contributed by atoms with van der Waals surface area (Å²) in [5.41, 5.74) is 0. The van der Waals surface area contributed by atoms with Crippen molar-refractivity contribution in [2.45, 2.75) is 45.1 Å². The van der Waals surface area contributed by atoms with Crippen LogP contribution in [-0.2, 0) is 14.3 Å². The Balaban J connectivity index is 1.98. The molecule has 5 nitrogen and oxygen atoms in total. The van der Waals surface area contributed by atoms with E-state index >= 15 is 0 Å². The van der Waals surface area contributed by atoms with Gasteiger partial charge in [0.2, 0.25) is 11.8 Å². The van der Waals surface area contributed by atoms with Crippen LogP contribution in [0.15, 0.2) is 0 Å². The Bertz CT molecular complexity index is 250. The Hall–Kier alpha value is -1.10. The predicted octanol–water partition coefficient (Wildman–Crippen LogP) is 0.588. The van der Waals surface area contributed by atoms with Gasteiger partial charge in [0, 0.05) is 26.6 Å². The number of carbonyl (C=O) groups is 2. The van der Waals surface area contributed by atoms with Gasteiger partial charge in [-0.2, -0.15) is 0 Å². The van der Waals surface area contributed by atoms with Gasteiger partial charge in [-0.1, -0.05) is 0 Å². The van der Waals surface area contributed by atoms with Gasteiger partial charge in [-0.25, -0.2) is 0 Å². The molecule has 2 amide bonds. The van der Waals surface area contributed by atoms with Crippen molar-refractivity contribution < 1.29 is 14.3 Å². The Morgan fingerprint density at radius 2 is 2.00 bits per heavy atom. The second-order valence-electron chi connectivity index (χ2n) is 4.38. The molecule has 1 rings (SSSR count). The number of hydrogen-bond acceptors (Lipinski definition) is 3. The van der Waals surface area contributed by atoms with E-state index in [1.165, 1.54) is 6.92 Å². The molecule has 2 N–H and O–H groups in total. The van der Waals surface area contributed by atoms with Crippen molar-refractivity contribution in [3.63, 3.8) is 0 Å². The van der Waals surface area contributed by atoms with Crippen LogP contribution in [0, 0.1) is 0 Å². The lowest BCUT2D eigenvalue weighted by Gasteiger charge is -2.21. The summed E-state index contributed by atoms with van der Waals surface area (Å²) in [6.45, 7) is 3.47. The molecule has 1 fully saturated rings. The van der Waals surface area contributed by atoms with Gasteiger partial charge in [0.15, 0.2) is 0 Å². The smallest absolute Gasteiger partial charge is 0.222 e. The number of rotatable bonds is 6. The SMILES string of the molecule is CC(=O)NCCCNC(=O)CC1CCCCO1. The van der Waals surface area contributed by atoms with Gasteiger partial charge in [-0.15, -0.1) is 0 Å². The maximum atomic E-state index is 11.5. The van der Waals surface area contributed by atoms with Gasteiger partial charge in [-0.3, -0.25) is 9.59 Å². The first-order valence-corrected chi connectivity index (χ1v) is 6.31. The Morgan fingerprint density at radius 1 is 1.24 bits per heavy atom. The molecule has 0 aromatic rings. The van der Waals surface area contributed by atoms with Gasteiger partial charge in [0.1, 0.15) is 0 Å². The van der Waals surface area contributed by atoms with Gasteiger partial charge in [-0.05, 0) is 25.7 Å². The van der Waals surface area contributed by atoms with E-state index in [-0.39, 0.29) is 17.9 Å². The van der Waals surface area contributed by atoms with E-state index in [1.54, 1.807) is 0 Å². The van der Waals surface area contributed by atoms with Crippen LogP contribution in [0.2, 0.25) is 0 Å². The third-order valence-electron chi connectivity index (χ3n) is 2.74. The number of amides is 2. The second-order valence-corrected chi connectivity index (χ2v) is 4.38. The maximum Gasteiger partial charge on any atom is 0.222 e. The van der Waals surface area contributed by atoms with Crippen molar-refractivity contribution in [2.24, 2.45) is 0 Å². The number of carbonyl (C=O) groups excluding carboxylic acids is 2. The van der Waals surface area contributed by atoms with Crippen LogP contribution in [0.4, 0.5) is 0 Å². The summed E-state index contributed by atoms with van der Waals surface area (Å²) in [7, 11) is 0. The number of nitrogens with one attached hydrogen (secondary N) is 2. The van der Waals surface area contributed by atoms with E-state index in [1.807, 2.05) is 0 Å². The van der Waals surface area contributed by atoms with E-state index in [0.717, 1.165) is 32.3 Å². The average Bonchev–Trinajstić information content (AvgIpc) is 2.29. The molecule has 98 valence electrons. The van der Waals surface area contributed by atoms with Crippen LogP contribution in [0.3, 0.4) is 0 Å². The summed E-state index contributed by atoms with van der Waals surface area (Å²) < 4.78 is 5.49. The Kier molecular flexibility index (Phi) is 6.62. The molecule has 0 saturated carbocycles. The molecule has 17 heavy (non-hydrogen) atoms. The molecule has 1 saturated heterocycles. The van der Waals surface area contributed by atoms with Crippen LogP contribution >= 0.6 is 0 Å². The lowest BCUT2D eigenvalue weighted by Crippen LogP contribution is -2.32. The van der Waals surface area contributed by atoms with Gasteiger partial charge < -0.3 is 15.4 Å². The highest BCUT2D eigenvalue weighted by Gasteiger charge is 2.16. The van der Waals surface area contributed by atoms with Gasteiger partial charge >= 0.3 is 0 Å². The molecule has 0 spiro atoms. The topological polar surface area (TPSA) is 67.4 Å². The maximum absolute atomic E-state index is 11.5. The first kappa shape index (κ1) is 14.0. The first-order chi connectivity index (χ1) is 8.18. The monoisotopic (exact) mass is 242 g/mol. The Labute approximate surface area is 102 Å². The molecular weight excluding hydrogens is 220 g/mol. The van der Waals surface area contributed by atoms with E-state index in [9.17, 15) is 9.59 Å². The van der Waals surface area contributed by atoms with E-state index in [0.29, 0.717) is 19.5 Å². The zero-order chi connectivity index (χ0) is 12.5. The summed E-state index contributed by atoms with van der Waals surface area (Å²) in [4.78, 5) is 22.1. The van der Waals surface area contributed by atoms with Crippen LogP contribution in [0.1, 0.15) is 39.0 Å². The lowest BCUT2D eigenvalue weighted by atomic mass is 10.1. The van der Waals surface area contributed by atoms with Crippen molar-refractivity contribution in [3.8, 4) is 0 Å². The summed E-state index contributed by atoms with van der Waals surface area (Å²) in [5, 5.41) is 5.52. The second kappa shape index (κ2) is 8.06. The van der Waals surface area contributed by atoms with Crippen molar-refractivity contribution in [1.82, 2.24) is 10.6 Å². The molecule has 1 heterocycles. The third-order valence-corrected chi connectivity index (χ3v) is 2.74. The van der Waals surface area contributed by atoms with Gasteiger partial charge in [0.25, 0.3) is 0 Å². The fraction of sp³-hybridized carbons (Fsp3) is 0.833. The normalized spacial score (nSPS) is 19.7. The van der Waals surface area contributed by atoms with E-state index < -0.39 is 0 Å². The average molecular weight is 242 g/mol. The summed E-state index contributed by atoms with van der Waals surface area (Å²) in [6.07, 6.45) is 4.56. The van der Waals surface area contributed by atoms with Crippen LogP contribution < -0.4 is 10.6 Å². The molecule has 1 unspecified atom stereocenters. The molecule has 1 aliphatic heterocycles. The fourth-order valence-corrected chi connectivity index (χ4v) is 1.83. The van der Waals surface area contributed by atoms with Crippen LogP contribution in [0.5, 0.6) is 0 Å². The highest BCUT2D eigenvalue weighted by Crippen LogP contribution is 2.15. The number of hydrogen-bond donors (Lipinski definition) is 2. The minimum atomic E-state index is -0.0352. The standard InChI is InChI=1S/C12H22N2O3/c1-10(15)13-6-4-7-14-12(16)9-11-5-2-3-8-17-11/h11H,2-9H2,1H3,(H,13,15)(H,14,16). The molecule has 0 bridgehead atoms. The molecule has 1 aliphatic rings. The molecule has 5 heteroatoms. The minimum absolute atomic E-state index is 0.0352. The zero-order valence-electron chi connectivity index (χ0n) is 10.5. The zero-order valence-corrected chi connectivity index (χ0v) is 10.5. The molecular formula is C12H22N2O3. The largest absolute Gasteiger partial charge is 0.378 e. The summed E-state index contributed by atoms with van der Waals surface area (Å²) in [6, 6.07) is 0. The summed E-state index contributed by atoms with van der Waals surface area (Å²) >= 11 is 0. The lowest BCUT2D eigenvalue weighted by molar-refractivity contribution is -0.124. The van der Waals surface area contributed by atoms with Crippen LogP contribution in [0.25, 0.3) is 0 Å². The van der Waals surface area contributed by atoms with E-state index in [2.05, 4.69) is 10.6 Å². The molecule has 0 radical (unpaired) electrons. The molecule has 0 aromatic heterocycles. The van der Waals surface area contributed by atoms with Crippen LogP contribution in [-0.4, -0.2) is 37.6 Å². The minimum Gasteiger partial charge on any atom is -0.378 e. The van der Waals surface area contributed by atoms with Crippen molar-refractivity contribution >= 4 is 11.8 Å². The fourth-order valence-electron chi connectivity index (χ4n) is 1.83. The Morgan fingerprint density at radius 3 is 2.65 bits per heavy atom. The van der Waals surface area contributed by atoms with Crippen molar-refractivity contribution in [1.29, 1.82) is 0 Å². The summed E-state index contributed by atoms with van der Waals surface area (Å²) in [5.74, 6) is 0.00616. The molecule has 0 aliphatic carbocycles. The highest BCUT2D eigenvalue weighted by molar-refractivity contribution is 5.76. The molecule has 0 aromatic carbocycles. The third kappa shape index (κ3) is 6.94. The van der Waals surface area contributed by atoms with Gasteiger partial charge in [0.05, 0.1) is 12.5 Å². The molecule has 1 atom stereocenters.